The van der Waals surface area contributed by atoms with Crippen molar-refractivity contribution in [2.45, 2.75) is 25.0 Å². The third kappa shape index (κ3) is 2.78. The fourth-order valence-corrected chi connectivity index (χ4v) is 1.91. The zero-order valence-electron chi connectivity index (χ0n) is 10.0. The average Bonchev–Trinajstić information content (AvgIpc) is 2.65. The van der Waals surface area contributed by atoms with Crippen molar-refractivity contribution in [1.82, 2.24) is 0 Å². The van der Waals surface area contributed by atoms with Gasteiger partial charge in [0, 0.05) is 12.8 Å². The highest BCUT2D eigenvalue weighted by Gasteiger charge is 2.41. The van der Waals surface area contributed by atoms with Crippen LogP contribution in [0.5, 0.6) is 0 Å². The van der Waals surface area contributed by atoms with Gasteiger partial charge in [0.05, 0.1) is 13.2 Å². The van der Waals surface area contributed by atoms with Gasteiger partial charge in [0.25, 0.3) is 0 Å². The van der Waals surface area contributed by atoms with Crippen LogP contribution in [0.1, 0.15) is 18.4 Å². The molecule has 0 saturated carbocycles. The monoisotopic (exact) mass is 248 g/mol. The first-order valence-corrected chi connectivity index (χ1v) is 5.90. The number of rotatable bonds is 5. The maximum Gasteiger partial charge on any atom is 0.228 e. The fourth-order valence-electron chi connectivity index (χ4n) is 1.91. The molecule has 0 aliphatic heterocycles. The Bertz CT molecular complexity index is 452. The number of carbonyl (C=O) groups excluding carboxylic acids is 1. The van der Waals surface area contributed by atoms with Gasteiger partial charge >= 0.3 is 0 Å². The van der Waals surface area contributed by atoms with Crippen LogP contribution in [0.4, 0.5) is 0 Å². The zero-order chi connectivity index (χ0) is 13.0. The summed E-state index contributed by atoms with van der Waals surface area (Å²) >= 11 is 0. The number of hydrogen-bond acceptors (Lipinski definition) is 4. The first kappa shape index (κ1) is 12.8. The average molecular weight is 248 g/mol. The number of aliphatic hydroxyl groups excluding tert-OH is 1. The van der Waals surface area contributed by atoms with Crippen LogP contribution < -0.4 is 0 Å². The molecule has 0 fully saturated rings. The molecular weight excluding hydrogens is 232 g/mol. The summed E-state index contributed by atoms with van der Waals surface area (Å²) < 4.78 is 5.41. The Hall–Kier alpha value is -1.65. The highest BCUT2D eigenvalue weighted by atomic mass is 16.5. The van der Waals surface area contributed by atoms with Crippen LogP contribution in [0, 0.1) is 0 Å². The lowest BCUT2D eigenvalue weighted by Gasteiger charge is -2.20. The molecule has 96 valence electrons. The Labute approximate surface area is 106 Å². The Morgan fingerprint density at radius 3 is 2.61 bits per heavy atom. The van der Waals surface area contributed by atoms with E-state index in [9.17, 15) is 15.0 Å². The second-order valence-corrected chi connectivity index (χ2v) is 4.44. The molecule has 4 heteroatoms. The van der Waals surface area contributed by atoms with Gasteiger partial charge in [-0.15, -0.1) is 0 Å². The van der Waals surface area contributed by atoms with E-state index >= 15 is 0 Å². The fraction of sp³-hybridized carbons (Fsp3) is 0.357. The van der Waals surface area contributed by atoms with Gasteiger partial charge in [-0.3, -0.25) is 4.79 Å². The van der Waals surface area contributed by atoms with Gasteiger partial charge in [-0.1, -0.05) is 30.3 Å². The lowest BCUT2D eigenvalue weighted by atomic mass is 9.96. The highest BCUT2D eigenvalue weighted by Crippen LogP contribution is 2.27. The van der Waals surface area contributed by atoms with E-state index in [-0.39, 0.29) is 25.2 Å². The molecule has 0 bridgehead atoms. The predicted molar refractivity (Wildman–Crippen MR) is 66.0 cm³/mol. The third-order valence-electron chi connectivity index (χ3n) is 3.06. The van der Waals surface area contributed by atoms with E-state index in [0.717, 1.165) is 5.56 Å². The Kier molecular flexibility index (Phi) is 3.79. The van der Waals surface area contributed by atoms with E-state index < -0.39 is 11.4 Å². The van der Waals surface area contributed by atoms with E-state index in [2.05, 4.69) is 0 Å². The number of Topliss-reactive ketones (excluding diaryl/α,β-unsaturated/α-hetero) is 1. The van der Waals surface area contributed by atoms with Crippen molar-refractivity contribution in [3.8, 4) is 0 Å². The number of aliphatic hydroxyl groups is 2. The minimum absolute atomic E-state index is 0.159. The van der Waals surface area contributed by atoms with Crippen LogP contribution in [0.15, 0.2) is 42.2 Å². The maximum absolute atomic E-state index is 11.5. The molecule has 0 spiro atoms. The summed E-state index contributed by atoms with van der Waals surface area (Å²) in [5.74, 6) is -0.952. The summed E-state index contributed by atoms with van der Waals surface area (Å²) in [5.41, 5.74) is -0.441. The quantitative estimate of drug-likeness (QED) is 0.779. The second kappa shape index (κ2) is 5.33. The minimum Gasteiger partial charge on any atom is -0.505 e. The van der Waals surface area contributed by atoms with Crippen molar-refractivity contribution in [3.05, 3.63) is 47.7 Å². The van der Waals surface area contributed by atoms with Crippen molar-refractivity contribution in [3.63, 3.8) is 0 Å². The molecule has 1 aliphatic rings. The molecule has 0 saturated heterocycles. The van der Waals surface area contributed by atoms with E-state index in [1.165, 1.54) is 6.08 Å². The molecule has 1 aromatic carbocycles. The summed E-state index contributed by atoms with van der Waals surface area (Å²) in [4.78, 5) is 11.5. The first-order valence-electron chi connectivity index (χ1n) is 5.90. The van der Waals surface area contributed by atoms with Crippen molar-refractivity contribution < 1.29 is 19.7 Å². The van der Waals surface area contributed by atoms with E-state index in [1.807, 2.05) is 30.3 Å². The molecule has 0 amide bonds. The molecule has 1 atom stereocenters. The normalized spacial score (nSPS) is 23.2. The Balaban J connectivity index is 1.75. The standard InChI is InChI=1S/C14H16O4/c15-12-6-7-14(17,13(12)16)8-9-18-10-11-4-2-1-3-5-11/h1-6,15,17H,7-10H2/t14-/m1/s1. The SMILES string of the molecule is O=C1C(O)=CC[C@@]1(O)CCOCc1ccccc1. The van der Waals surface area contributed by atoms with Crippen molar-refractivity contribution in [2.75, 3.05) is 6.61 Å². The van der Waals surface area contributed by atoms with Gasteiger partial charge in [0.15, 0.2) is 5.76 Å². The van der Waals surface area contributed by atoms with Crippen molar-refractivity contribution in [2.24, 2.45) is 0 Å². The van der Waals surface area contributed by atoms with E-state index in [4.69, 9.17) is 4.74 Å². The van der Waals surface area contributed by atoms with Gasteiger partial charge in [-0.25, -0.2) is 0 Å². The number of benzene rings is 1. The van der Waals surface area contributed by atoms with Gasteiger partial charge in [-0.05, 0) is 11.6 Å². The van der Waals surface area contributed by atoms with Crippen molar-refractivity contribution in [1.29, 1.82) is 0 Å². The highest BCUT2D eigenvalue weighted by molar-refractivity contribution is 6.02. The van der Waals surface area contributed by atoms with Crippen molar-refractivity contribution >= 4 is 5.78 Å². The van der Waals surface area contributed by atoms with Gasteiger partial charge in [-0.2, -0.15) is 0 Å². The molecule has 2 N–H and O–H groups in total. The van der Waals surface area contributed by atoms with Crippen LogP contribution in [-0.4, -0.2) is 28.2 Å². The molecule has 18 heavy (non-hydrogen) atoms. The third-order valence-corrected chi connectivity index (χ3v) is 3.06. The molecule has 0 radical (unpaired) electrons. The summed E-state index contributed by atoms with van der Waals surface area (Å²) in [6.07, 6.45) is 1.70. The summed E-state index contributed by atoms with van der Waals surface area (Å²) in [6.45, 7) is 0.725. The lowest BCUT2D eigenvalue weighted by molar-refractivity contribution is -0.135. The molecule has 0 unspecified atom stereocenters. The summed E-state index contributed by atoms with van der Waals surface area (Å²) in [6, 6.07) is 9.67. The number of ether oxygens (including phenoxy) is 1. The van der Waals surface area contributed by atoms with Gasteiger partial charge < -0.3 is 14.9 Å². The maximum atomic E-state index is 11.5. The molecule has 0 heterocycles. The Morgan fingerprint density at radius 2 is 2.00 bits per heavy atom. The van der Waals surface area contributed by atoms with Gasteiger partial charge in [0.1, 0.15) is 5.60 Å². The van der Waals surface area contributed by atoms with Crippen LogP contribution in [-0.2, 0) is 16.1 Å². The largest absolute Gasteiger partial charge is 0.505 e. The van der Waals surface area contributed by atoms with E-state index in [0.29, 0.717) is 6.61 Å². The molecule has 0 aromatic heterocycles. The zero-order valence-corrected chi connectivity index (χ0v) is 10.0. The molecule has 1 aromatic rings. The van der Waals surface area contributed by atoms with Crippen LogP contribution in [0.2, 0.25) is 0 Å². The van der Waals surface area contributed by atoms with Gasteiger partial charge in [0.2, 0.25) is 5.78 Å². The van der Waals surface area contributed by atoms with Crippen LogP contribution in [0.3, 0.4) is 0 Å². The summed E-state index contributed by atoms with van der Waals surface area (Å²) in [5, 5.41) is 19.2. The van der Waals surface area contributed by atoms with Crippen LogP contribution in [0.25, 0.3) is 0 Å². The topological polar surface area (TPSA) is 66.8 Å². The molecule has 2 rings (SSSR count). The predicted octanol–water partition coefficient (Wildman–Crippen LogP) is 1.74. The smallest absolute Gasteiger partial charge is 0.228 e. The lowest BCUT2D eigenvalue weighted by Crippen LogP contribution is -2.36. The first-order chi connectivity index (χ1) is 8.62. The molecular formula is C14H16O4. The molecule has 1 aliphatic carbocycles. The van der Waals surface area contributed by atoms with Crippen LogP contribution >= 0.6 is 0 Å². The summed E-state index contributed by atoms with van der Waals surface area (Å²) in [7, 11) is 0. The second-order valence-electron chi connectivity index (χ2n) is 4.44. The number of carbonyl (C=O) groups is 1. The van der Waals surface area contributed by atoms with E-state index in [1.54, 1.807) is 0 Å². The Morgan fingerprint density at radius 1 is 1.28 bits per heavy atom. The number of ketones is 1. The molecule has 4 nitrogen and oxygen atoms in total. The minimum atomic E-state index is -1.49. The number of hydrogen-bond donors (Lipinski definition) is 2.